The van der Waals surface area contributed by atoms with Crippen LogP contribution in [0.5, 0.6) is 0 Å². The maximum Gasteiger partial charge on any atom is 0.0227 e. The Kier molecular flexibility index (Phi) is 6.95. The van der Waals surface area contributed by atoms with Gasteiger partial charge in [-0.25, -0.2) is 0 Å². The summed E-state index contributed by atoms with van der Waals surface area (Å²) in [5.41, 5.74) is 0. The zero-order valence-electron chi connectivity index (χ0n) is 12.9. The van der Waals surface area contributed by atoms with E-state index in [9.17, 15) is 0 Å². The highest BCUT2D eigenvalue weighted by Gasteiger charge is 2.29. The van der Waals surface area contributed by atoms with Crippen molar-refractivity contribution in [2.75, 3.05) is 19.6 Å². The summed E-state index contributed by atoms with van der Waals surface area (Å²) in [4.78, 5) is 2.67. The number of nitrogens with one attached hydrogen (secondary N) is 1. The zero-order valence-corrected chi connectivity index (χ0v) is 12.9. The Morgan fingerprint density at radius 1 is 1.33 bits per heavy atom. The highest BCUT2D eigenvalue weighted by Crippen LogP contribution is 2.19. The molecule has 1 aliphatic rings. The molecule has 0 bridgehead atoms. The first-order chi connectivity index (χ1) is 8.58. The second kappa shape index (κ2) is 7.96. The Labute approximate surface area is 114 Å². The van der Waals surface area contributed by atoms with Gasteiger partial charge in [0.25, 0.3) is 0 Å². The average molecular weight is 252 g/mol. The van der Waals surface area contributed by atoms with Gasteiger partial charge in [0.15, 0.2) is 0 Å². The van der Waals surface area contributed by atoms with E-state index in [1.807, 2.05) is 0 Å². The maximum absolute atomic E-state index is 3.77. The van der Waals surface area contributed by atoms with Gasteiger partial charge in [-0.3, -0.25) is 4.90 Å². The van der Waals surface area contributed by atoms with Crippen LogP contribution in [0.4, 0.5) is 0 Å². The number of hydrogen-bond donors (Lipinski definition) is 1. The summed E-state index contributed by atoms with van der Waals surface area (Å²) >= 11 is 0. The Bertz CT molecular complexity index is 247. The van der Waals surface area contributed by atoms with Gasteiger partial charge >= 0.3 is 0 Å². The molecular formula is C16H32N2. The van der Waals surface area contributed by atoms with Crippen LogP contribution in [0.25, 0.3) is 0 Å². The summed E-state index contributed by atoms with van der Waals surface area (Å²) in [5.74, 6) is 1.56. The van der Waals surface area contributed by atoms with Gasteiger partial charge in [-0.2, -0.15) is 0 Å². The summed E-state index contributed by atoms with van der Waals surface area (Å²) in [7, 11) is 0. The van der Waals surface area contributed by atoms with E-state index in [1.54, 1.807) is 0 Å². The van der Waals surface area contributed by atoms with E-state index in [0.29, 0.717) is 12.1 Å². The number of nitrogens with zero attached hydrogens (tertiary/aromatic N) is 1. The molecule has 0 radical (unpaired) electrons. The lowest BCUT2D eigenvalue weighted by Crippen LogP contribution is -2.58. The van der Waals surface area contributed by atoms with E-state index in [1.165, 1.54) is 19.4 Å². The Morgan fingerprint density at radius 2 is 2.06 bits per heavy atom. The van der Waals surface area contributed by atoms with E-state index >= 15 is 0 Å². The number of rotatable bonds is 6. The largest absolute Gasteiger partial charge is 0.311 e. The molecule has 0 aromatic carbocycles. The summed E-state index contributed by atoms with van der Waals surface area (Å²) in [5, 5.41) is 3.77. The molecule has 2 heteroatoms. The van der Waals surface area contributed by atoms with E-state index < -0.39 is 0 Å². The molecule has 0 aromatic rings. The van der Waals surface area contributed by atoms with Crippen molar-refractivity contribution in [3.63, 3.8) is 0 Å². The molecule has 0 saturated carbocycles. The summed E-state index contributed by atoms with van der Waals surface area (Å²) < 4.78 is 0. The molecule has 0 spiro atoms. The van der Waals surface area contributed by atoms with Gasteiger partial charge in [0.2, 0.25) is 0 Å². The van der Waals surface area contributed by atoms with E-state index in [4.69, 9.17) is 0 Å². The van der Waals surface area contributed by atoms with Crippen molar-refractivity contribution in [2.45, 2.75) is 59.5 Å². The molecule has 18 heavy (non-hydrogen) atoms. The quantitative estimate of drug-likeness (QED) is 0.730. The van der Waals surface area contributed by atoms with Crippen LogP contribution in [-0.4, -0.2) is 36.6 Å². The lowest BCUT2D eigenvalue weighted by atomic mass is 9.93. The van der Waals surface area contributed by atoms with Crippen LogP contribution in [0, 0.1) is 11.8 Å². The fourth-order valence-corrected chi connectivity index (χ4v) is 2.79. The van der Waals surface area contributed by atoms with Crippen molar-refractivity contribution in [1.29, 1.82) is 0 Å². The van der Waals surface area contributed by atoms with Gasteiger partial charge in [0.1, 0.15) is 0 Å². The third-order valence-electron chi connectivity index (χ3n) is 4.21. The molecule has 1 rings (SSSR count). The van der Waals surface area contributed by atoms with Crippen LogP contribution in [0.3, 0.4) is 0 Å². The van der Waals surface area contributed by atoms with Crippen molar-refractivity contribution in [1.82, 2.24) is 10.2 Å². The molecule has 0 aromatic heterocycles. The molecule has 1 saturated heterocycles. The molecular weight excluding hydrogens is 220 g/mol. The summed E-state index contributed by atoms with van der Waals surface area (Å²) in [6.07, 6.45) is 7.04. The molecule has 0 aliphatic carbocycles. The molecule has 1 aliphatic heterocycles. The molecule has 3 unspecified atom stereocenters. The summed E-state index contributed by atoms with van der Waals surface area (Å²) in [6.45, 7) is 14.9. The predicted molar refractivity (Wildman–Crippen MR) is 80.9 cm³/mol. The second-order valence-electron chi connectivity index (χ2n) is 6.21. The Morgan fingerprint density at radius 3 is 2.61 bits per heavy atom. The third kappa shape index (κ3) is 4.74. The van der Waals surface area contributed by atoms with Gasteiger partial charge < -0.3 is 5.32 Å². The minimum Gasteiger partial charge on any atom is -0.311 e. The van der Waals surface area contributed by atoms with Crippen LogP contribution in [-0.2, 0) is 0 Å². The first kappa shape index (κ1) is 15.7. The minimum atomic E-state index is 0.670. The van der Waals surface area contributed by atoms with Gasteiger partial charge in [-0.15, -0.1) is 0 Å². The number of hydrogen-bond acceptors (Lipinski definition) is 2. The first-order valence-electron chi connectivity index (χ1n) is 7.67. The molecule has 1 heterocycles. The normalized spacial score (nSPS) is 28.1. The molecule has 106 valence electrons. The van der Waals surface area contributed by atoms with Crippen molar-refractivity contribution in [3.05, 3.63) is 12.2 Å². The van der Waals surface area contributed by atoms with Crippen LogP contribution >= 0.6 is 0 Å². The van der Waals surface area contributed by atoms with Gasteiger partial charge in [-0.05, 0) is 25.2 Å². The van der Waals surface area contributed by atoms with Gasteiger partial charge in [0.05, 0.1) is 0 Å². The van der Waals surface area contributed by atoms with Crippen molar-refractivity contribution in [2.24, 2.45) is 11.8 Å². The molecule has 0 amide bonds. The van der Waals surface area contributed by atoms with Gasteiger partial charge in [0, 0.05) is 31.7 Å². The Balaban J connectivity index is 2.60. The zero-order chi connectivity index (χ0) is 13.5. The maximum atomic E-state index is 3.77. The first-order valence-corrected chi connectivity index (χ1v) is 7.67. The highest BCUT2D eigenvalue weighted by atomic mass is 15.2. The van der Waals surface area contributed by atoms with Crippen LogP contribution < -0.4 is 5.32 Å². The number of piperazine rings is 1. The highest BCUT2D eigenvalue weighted by molar-refractivity contribution is 4.92. The SMILES string of the molecule is C/C=C/CN1CC(C(C)CC)NCC1CC(C)C. The Hall–Kier alpha value is -0.340. The van der Waals surface area contributed by atoms with Crippen molar-refractivity contribution >= 4 is 0 Å². The monoisotopic (exact) mass is 252 g/mol. The third-order valence-corrected chi connectivity index (χ3v) is 4.21. The van der Waals surface area contributed by atoms with Crippen LogP contribution in [0.2, 0.25) is 0 Å². The van der Waals surface area contributed by atoms with E-state index in [2.05, 4.69) is 57.0 Å². The van der Waals surface area contributed by atoms with Crippen molar-refractivity contribution in [3.8, 4) is 0 Å². The molecule has 1 N–H and O–H groups in total. The fraction of sp³-hybridized carbons (Fsp3) is 0.875. The second-order valence-corrected chi connectivity index (χ2v) is 6.21. The van der Waals surface area contributed by atoms with E-state index in [-0.39, 0.29) is 0 Å². The van der Waals surface area contributed by atoms with Crippen LogP contribution in [0.1, 0.15) is 47.5 Å². The lowest BCUT2D eigenvalue weighted by molar-refractivity contribution is 0.108. The fourth-order valence-electron chi connectivity index (χ4n) is 2.79. The molecule has 1 fully saturated rings. The predicted octanol–water partition coefficient (Wildman–Crippen LogP) is 3.30. The average Bonchev–Trinajstić information content (AvgIpc) is 2.36. The van der Waals surface area contributed by atoms with Crippen molar-refractivity contribution < 1.29 is 0 Å². The summed E-state index contributed by atoms with van der Waals surface area (Å²) in [6, 6.07) is 1.38. The number of allylic oxidation sites excluding steroid dienone is 1. The molecule has 3 atom stereocenters. The molecule has 2 nitrogen and oxygen atoms in total. The van der Waals surface area contributed by atoms with Gasteiger partial charge in [-0.1, -0.05) is 46.3 Å². The minimum absolute atomic E-state index is 0.670. The topological polar surface area (TPSA) is 15.3 Å². The smallest absolute Gasteiger partial charge is 0.0227 e. The lowest BCUT2D eigenvalue weighted by Gasteiger charge is -2.42. The standard InChI is InChI=1S/C16H32N2/c1-6-8-9-18-12-16(14(5)7-2)17-11-15(18)10-13(3)4/h6,8,13-17H,7,9-12H2,1-5H3/b8-6+. The van der Waals surface area contributed by atoms with E-state index in [0.717, 1.165) is 24.9 Å². The van der Waals surface area contributed by atoms with Crippen LogP contribution in [0.15, 0.2) is 12.2 Å².